The van der Waals surface area contributed by atoms with Crippen LogP contribution in [0.4, 0.5) is 15.8 Å². The van der Waals surface area contributed by atoms with Gasteiger partial charge in [0, 0.05) is 31.8 Å². The van der Waals surface area contributed by atoms with Gasteiger partial charge in [-0.15, -0.1) is 0 Å². The maximum absolute atomic E-state index is 13.1. The van der Waals surface area contributed by atoms with Crippen molar-refractivity contribution in [3.8, 4) is 0 Å². The summed E-state index contributed by atoms with van der Waals surface area (Å²) >= 11 is 0. The van der Waals surface area contributed by atoms with Crippen molar-refractivity contribution < 1.29 is 14.1 Å². The Morgan fingerprint density at radius 1 is 1.24 bits per heavy atom. The Balaban J connectivity index is 1.87. The molecule has 0 aliphatic carbocycles. The number of hydrogen-bond donors (Lipinski definition) is 1. The molecule has 1 heterocycles. The van der Waals surface area contributed by atoms with Crippen LogP contribution in [0.2, 0.25) is 0 Å². The highest BCUT2D eigenvalue weighted by molar-refractivity contribution is 5.95. The number of nitro benzene ring substituents is 1. The van der Waals surface area contributed by atoms with Gasteiger partial charge in [0.05, 0.1) is 4.92 Å². The number of hydrogen-bond acceptors (Lipinski definition) is 4. The molecule has 1 aliphatic rings. The van der Waals surface area contributed by atoms with Gasteiger partial charge >= 0.3 is 0 Å². The largest absolute Gasteiger partial charge is 0.358 e. The summed E-state index contributed by atoms with van der Waals surface area (Å²) in [5, 5.41) is 13.9. The van der Waals surface area contributed by atoms with E-state index in [-0.39, 0.29) is 23.0 Å². The van der Waals surface area contributed by atoms with Gasteiger partial charge in [-0.1, -0.05) is 18.2 Å². The number of nitrogens with one attached hydrogen (secondary N) is 1. The van der Waals surface area contributed by atoms with Crippen LogP contribution in [0.15, 0.2) is 48.5 Å². The minimum atomic E-state index is -0.488. The second kappa shape index (κ2) is 6.72. The molecular weight excluding hydrogens is 325 g/mol. The molecule has 0 fully saturated rings. The lowest BCUT2D eigenvalue weighted by atomic mass is 10.1. The summed E-state index contributed by atoms with van der Waals surface area (Å²) in [6, 6.07) is 10.6. The average molecular weight is 341 g/mol. The van der Waals surface area contributed by atoms with E-state index in [1.54, 1.807) is 24.3 Å². The number of carbonyl (C=O) groups is 1. The van der Waals surface area contributed by atoms with Crippen molar-refractivity contribution in [1.82, 2.24) is 5.32 Å². The molecule has 0 spiro atoms. The molecule has 0 bridgehead atoms. The van der Waals surface area contributed by atoms with E-state index in [1.165, 1.54) is 25.2 Å². The molecule has 0 aromatic heterocycles. The van der Waals surface area contributed by atoms with Crippen LogP contribution < -0.4 is 10.2 Å². The molecule has 1 N–H and O–H groups in total. The Morgan fingerprint density at radius 2 is 1.96 bits per heavy atom. The van der Waals surface area contributed by atoms with Crippen LogP contribution in [0.25, 0.3) is 5.57 Å². The highest BCUT2D eigenvalue weighted by Crippen LogP contribution is 2.33. The van der Waals surface area contributed by atoms with Crippen molar-refractivity contribution in [3.63, 3.8) is 0 Å². The third kappa shape index (κ3) is 3.35. The van der Waals surface area contributed by atoms with E-state index >= 15 is 0 Å². The summed E-state index contributed by atoms with van der Waals surface area (Å²) in [7, 11) is 1.47. The van der Waals surface area contributed by atoms with E-state index in [0.717, 1.165) is 11.1 Å². The molecule has 2 aromatic carbocycles. The molecule has 0 saturated carbocycles. The molecule has 25 heavy (non-hydrogen) atoms. The Hall–Kier alpha value is -3.22. The first-order chi connectivity index (χ1) is 12.0. The monoisotopic (exact) mass is 341 g/mol. The lowest BCUT2D eigenvalue weighted by molar-refractivity contribution is -0.384. The van der Waals surface area contributed by atoms with Crippen molar-refractivity contribution in [2.75, 3.05) is 25.0 Å². The van der Waals surface area contributed by atoms with Gasteiger partial charge in [-0.2, -0.15) is 0 Å². The highest BCUT2D eigenvalue weighted by Gasteiger charge is 2.24. The van der Waals surface area contributed by atoms with Crippen molar-refractivity contribution in [3.05, 3.63) is 75.6 Å². The zero-order chi connectivity index (χ0) is 18.0. The van der Waals surface area contributed by atoms with Gasteiger partial charge in [-0.3, -0.25) is 14.9 Å². The Labute approximate surface area is 143 Å². The van der Waals surface area contributed by atoms with Crippen molar-refractivity contribution in [1.29, 1.82) is 0 Å². The van der Waals surface area contributed by atoms with Gasteiger partial charge in [0.25, 0.3) is 11.6 Å². The smallest absolute Gasteiger partial charge is 0.293 e. The summed E-state index contributed by atoms with van der Waals surface area (Å²) < 4.78 is 13.1. The van der Waals surface area contributed by atoms with E-state index in [1.807, 2.05) is 11.0 Å². The third-order valence-electron chi connectivity index (χ3n) is 4.14. The number of nitrogens with zero attached hydrogens (tertiary/aromatic N) is 2. The molecule has 0 saturated heterocycles. The van der Waals surface area contributed by atoms with Gasteiger partial charge in [0.2, 0.25) is 0 Å². The lowest BCUT2D eigenvalue weighted by Gasteiger charge is -2.19. The SMILES string of the molecule is CNC(=O)c1ccc(N2CC=C(c3ccc(F)cc3)C2)c([N+](=O)[O-])c1. The Kier molecular flexibility index (Phi) is 4.47. The van der Waals surface area contributed by atoms with Crippen LogP contribution in [0, 0.1) is 15.9 Å². The quantitative estimate of drug-likeness (QED) is 0.685. The van der Waals surface area contributed by atoms with Crippen LogP contribution in [-0.4, -0.2) is 31.0 Å². The minimum absolute atomic E-state index is 0.116. The maximum atomic E-state index is 13.1. The summed E-state index contributed by atoms with van der Waals surface area (Å²) in [5.74, 6) is -0.680. The van der Waals surface area contributed by atoms with Crippen LogP contribution in [0.5, 0.6) is 0 Å². The Morgan fingerprint density at radius 3 is 2.60 bits per heavy atom. The van der Waals surface area contributed by atoms with Crippen LogP contribution in [0.3, 0.4) is 0 Å². The predicted molar refractivity (Wildman–Crippen MR) is 93.1 cm³/mol. The van der Waals surface area contributed by atoms with E-state index in [4.69, 9.17) is 0 Å². The number of carbonyl (C=O) groups excluding carboxylic acids is 1. The fourth-order valence-corrected chi connectivity index (χ4v) is 2.83. The molecule has 2 aromatic rings. The lowest BCUT2D eigenvalue weighted by Crippen LogP contribution is -2.22. The molecule has 1 amide bonds. The maximum Gasteiger partial charge on any atom is 0.293 e. The average Bonchev–Trinajstić information content (AvgIpc) is 3.11. The summed E-state index contributed by atoms with van der Waals surface area (Å²) in [6.45, 7) is 0.985. The fraction of sp³-hybridized carbons (Fsp3) is 0.167. The Bertz CT molecular complexity index is 862. The molecule has 0 radical (unpaired) electrons. The van der Waals surface area contributed by atoms with Crippen LogP contribution in [0.1, 0.15) is 15.9 Å². The molecule has 0 atom stereocenters. The summed E-state index contributed by atoms with van der Waals surface area (Å²) in [4.78, 5) is 24.5. The number of benzene rings is 2. The number of amides is 1. The molecule has 3 rings (SSSR count). The van der Waals surface area contributed by atoms with Crippen molar-refractivity contribution >= 4 is 22.9 Å². The van der Waals surface area contributed by atoms with Crippen molar-refractivity contribution in [2.45, 2.75) is 0 Å². The predicted octanol–water partition coefficient (Wildman–Crippen LogP) is 3.00. The highest BCUT2D eigenvalue weighted by atomic mass is 19.1. The molecular formula is C18H16FN3O3. The zero-order valence-corrected chi connectivity index (χ0v) is 13.5. The fourth-order valence-electron chi connectivity index (χ4n) is 2.83. The number of anilines is 1. The molecule has 128 valence electrons. The normalized spacial score (nSPS) is 13.5. The van der Waals surface area contributed by atoms with Gasteiger partial charge in [0.1, 0.15) is 11.5 Å². The first kappa shape index (κ1) is 16.6. The number of rotatable bonds is 4. The molecule has 1 aliphatic heterocycles. The van der Waals surface area contributed by atoms with E-state index < -0.39 is 4.92 Å². The van der Waals surface area contributed by atoms with E-state index in [2.05, 4.69) is 5.32 Å². The van der Waals surface area contributed by atoms with Gasteiger partial charge in [0.15, 0.2) is 0 Å². The topological polar surface area (TPSA) is 75.5 Å². The molecule has 0 unspecified atom stereocenters. The van der Waals surface area contributed by atoms with Crippen LogP contribution in [-0.2, 0) is 0 Å². The van der Waals surface area contributed by atoms with Gasteiger partial charge < -0.3 is 10.2 Å². The number of nitro groups is 1. The van der Waals surface area contributed by atoms with Gasteiger partial charge in [-0.25, -0.2) is 4.39 Å². The first-order valence-electron chi connectivity index (χ1n) is 7.70. The van der Waals surface area contributed by atoms with Crippen LogP contribution >= 0.6 is 0 Å². The molecule has 7 heteroatoms. The minimum Gasteiger partial charge on any atom is -0.358 e. The standard InChI is InChI=1S/C18H16FN3O3/c1-20-18(23)13-4-7-16(17(10-13)22(24)25)21-9-8-14(11-21)12-2-5-15(19)6-3-12/h2-8,10H,9,11H2,1H3,(H,20,23). The number of halogens is 1. The van der Waals surface area contributed by atoms with Crippen molar-refractivity contribution in [2.24, 2.45) is 0 Å². The summed E-state index contributed by atoms with van der Waals surface area (Å²) in [6.07, 6.45) is 1.96. The second-order valence-corrected chi connectivity index (χ2v) is 5.66. The zero-order valence-electron chi connectivity index (χ0n) is 13.5. The second-order valence-electron chi connectivity index (χ2n) is 5.66. The van der Waals surface area contributed by atoms with E-state index in [0.29, 0.717) is 18.8 Å². The third-order valence-corrected chi connectivity index (χ3v) is 4.14. The first-order valence-corrected chi connectivity index (χ1v) is 7.70. The van der Waals surface area contributed by atoms with Gasteiger partial charge in [-0.05, 0) is 35.4 Å². The summed E-state index contributed by atoms with van der Waals surface area (Å²) in [5.41, 5.74) is 2.43. The molecule has 6 nitrogen and oxygen atoms in total. The van der Waals surface area contributed by atoms with E-state index in [9.17, 15) is 19.3 Å².